The van der Waals surface area contributed by atoms with Gasteiger partial charge in [-0.25, -0.2) is 9.59 Å². The van der Waals surface area contributed by atoms with Crippen molar-refractivity contribution in [1.29, 1.82) is 0 Å². The zero-order valence-corrected chi connectivity index (χ0v) is 16.2. The highest BCUT2D eigenvalue weighted by Gasteiger charge is 2.30. The SMILES string of the molecule is CCOC(=O)c1[nH]c(C)c(C(=O)OC(C)C(=O)N2CCCC(C)C2)c1C. The highest BCUT2D eigenvalue weighted by atomic mass is 16.5. The molecule has 0 aliphatic carbocycles. The Kier molecular flexibility index (Phi) is 6.45. The third-order valence-electron chi connectivity index (χ3n) is 4.72. The number of nitrogens with zero attached hydrogens (tertiary/aromatic N) is 1. The van der Waals surface area contributed by atoms with Crippen LogP contribution in [-0.4, -0.2) is 53.5 Å². The Morgan fingerprint density at radius 3 is 2.58 bits per heavy atom. The number of esters is 2. The van der Waals surface area contributed by atoms with E-state index in [1.54, 1.807) is 32.6 Å². The first-order chi connectivity index (χ1) is 12.3. The lowest BCUT2D eigenvalue weighted by atomic mass is 10.00. The second-order valence-electron chi connectivity index (χ2n) is 6.92. The van der Waals surface area contributed by atoms with Gasteiger partial charge < -0.3 is 19.4 Å². The molecule has 0 bridgehead atoms. The van der Waals surface area contributed by atoms with Crippen molar-refractivity contribution in [3.63, 3.8) is 0 Å². The first-order valence-corrected chi connectivity index (χ1v) is 9.12. The number of aromatic nitrogens is 1. The van der Waals surface area contributed by atoms with Crippen LogP contribution < -0.4 is 0 Å². The van der Waals surface area contributed by atoms with Crippen LogP contribution in [0.5, 0.6) is 0 Å². The van der Waals surface area contributed by atoms with Gasteiger partial charge in [-0.3, -0.25) is 4.79 Å². The van der Waals surface area contributed by atoms with Gasteiger partial charge >= 0.3 is 11.9 Å². The molecule has 0 aromatic carbocycles. The topological polar surface area (TPSA) is 88.7 Å². The molecule has 2 heterocycles. The van der Waals surface area contributed by atoms with Crippen molar-refractivity contribution in [2.24, 2.45) is 5.92 Å². The quantitative estimate of drug-likeness (QED) is 0.811. The van der Waals surface area contributed by atoms with Crippen LogP contribution in [0.1, 0.15) is 65.7 Å². The summed E-state index contributed by atoms with van der Waals surface area (Å²) in [7, 11) is 0. The molecule has 2 atom stereocenters. The van der Waals surface area contributed by atoms with Gasteiger partial charge in [-0.1, -0.05) is 6.92 Å². The Labute approximate surface area is 154 Å². The van der Waals surface area contributed by atoms with Crippen LogP contribution >= 0.6 is 0 Å². The first kappa shape index (κ1) is 20.0. The molecule has 7 nitrogen and oxygen atoms in total. The van der Waals surface area contributed by atoms with E-state index in [4.69, 9.17) is 9.47 Å². The highest BCUT2D eigenvalue weighted by Crippen LogP contribution is 2.21. The molecule has 1 aromatic heterocycles. The van der Waals surface area contributed by atoms with Crippen LogP contribution in [0.4, 0.5) is 0 Å². The predicted molar refractivity (Wildman–Crippen MR) is 96.1 cm³/mol. The summed E-state index contributed by atoms with van der Waals surface area (Å²) in [6, 6.07) is 0. The summed E-state index contributed by atoms with van der Waals surface area (Å²) in [6.07, 6.45) is 1.20. The molecule has 2 rings (SSSR count). The number of carbonyl (C=O) groups is 3. The van der Waals surface area contributed by atoms with Crippen LogP contribution in [0.25, 0.3) is 0 Å². The maximum absolute atomic E-state index is 12.6. The van der Waals surface area contributed by atoms with Crippen molar-refractivity contribution in [2.75, 3.05) is 19.7 Å². The summed E-state index contributed by atoms with van der Waals surface area (Å²) in [5.74, 6) is -0.852. The molecule has 1 saturated heterocycles. The van der Waals surface area contributed by atoms with E-state index < -0.39 is 18.0 Å². The van der Waals surface area contributed by atoms with Gasteiger partial charge in [0.05, 0.1) is 12.2 Å². The summed E-state index contributed by atoms with van der Waals surface area (Å²) in [6.45, 7) is 10.4. The lowest BCUT2D eigenvalue weighted by Crippen LogP contribution is -2.44. The van der Waals surface area contributed by atoms with E-state index in [0.29, 0.717) is 30.3 Å². The van der Waals surface area contributed by atoms with E-state index in [1.807, 2.05) is 0 Å². The molecule has 1 aromatic rings. The van der Waals surface area contributed by atoms with Crippen LogP contribution in [0, 0.1) is 19.8 Å². The molecule has 1 aliphatic rings. The van der Waals surface area contributed by atoms with E-state index in [-0.39, 0.29) is 23.8 Å². The average Bonchev–Trinajstić information content (AvgIpc) is 2.89. The van der Waals surface area contributed by atoms with Crippen molar-refractivity contribution in [2.45, 2.75) is 53.6 Å². The second-order valence-corrected chi connectivity index (χ2v) is 6.92. The molecule has 2 unspecified atom stereocenters. The number of amides is 1. The zero-order chi connectivity index (χ0) is 19.4. The number of hydrogen-bond donors (Lipinski definition) is 1. The van der Waals surface area contributed by atoms with E-state index in [2.05, 4.69) is 11.9 Å². The minimum atomic E-state index is -0.868. The molecule has 1 aliphatic heterocycles. The largest absolute Gasteiger partial charge is 0.461 e. The predicted octanol–water partition coefficient (Wildman–Crippen LogP) is 2.61. The van der Waals surface area contributed by atoms with Crippen molar-refractivity contribution >= 4 is 17.8 Å². The van der Waals surface area contributed by atoms with Crippen LogP contribution in [0.2, 0.25) is 0 Å². The Bertz CT molecular complexity index is 694. The van der Waals surface area contributed by atoms with Gasteiger partial charge in [0, 0.05) is 18.8 Å². The Hall–Kier alpha value is -2.31. The van der Waals surface area contributed by atoms with E-state index >= 15 is 0 Å². The number of H-pyrrole nitrogens is 1. The number of piperidine rings is 1. The maximum Gasteiger partial charge on any atom is 0.355 e. The lowest BCUT2D eigenvalue weighted by molar-refractivity contribution is -0.141. The summed E-state index contributed by atoms with van der Waals surface area (Å²) < 4.78 is 10.4. The molecule has 1 N–H and O–H groups in total. The van der Waals surface area contributed by atoms with Gasteiger partial charge in [-0.2, -0.15) is 0 Å². The van der Waals surface area contributed by atoms with Crippen LogP contribution in [-0.2, 0) is 14.3 Å². The zero-order valence-electron chi connectivity index (χ0n) is 16.2. The van der Waals surface area contributed by atoms with Gasteiger partial charge in [-0.05, 0) is 52.0 Å². The number of nitrogens with one attached hydrogen (secondary N) is 1. The second kappa shape index (κ2) is 8.38. The average molecular weight is 364 g/mol. The molecule has 26 heavy (non-hydrogen) atoms. The summed E-state index contributed by atoms with van der Waals surface area (Å²) >= 11 is 0. The third kappa shape index (κ3) is 4.26. The third-order valence-corrected chi connectivity index (χ3v) is 4.72. The summed E-state index contributed by atoms with van der Waals surface area (Å²) in [5.41, 5.74) is 1.50. The van der Waals surface area contributed by atoms with Crippen molar-refractivity contribution in [3.05, 3.63) is 22.5 Å². The fourth-order valence-corrected chi connectivity index (χ4v) is 3.38. The van der Waals surface area contributed by atoms with E-state index in [1.165, 1.54) is 0 Å². The monoisotopic (exact) mass is 364 g/mol. The summed E-state index contributed by atoms with van der Waals surface area (Å²) in [5, 5.41) is 0. The minimum Gasteiger partial charge on any atom is -0.461 e. The summed E-state index contributed by atoms with van der Waals surface area (Å²) in [4.78, 5) is 41.7. The van der Waals surface area contributed by atoms with Crippen LogP contribution in [0.3, 0.4) is 0 Å². The Morgan fingerprint density at radius 2 is 1.96 bits per heavy atom. The molecule has 0 saturated carbocycles. The fourth-order valence-electron chi connectivity index (χ4n) is 3.38. The standard InChI is InChI=1S/C19H28N2O5/c1-6-25-19(24)16-12(3)15(13(4)20-16)18(23)26-14(5)17(22)21-9-7-8-11(2)10-21/h11,14,20H,6-10H2,1-5H3. The molecule has 7 heteroatoms. The normalized spacial score (nSPS) is 18.3. The van der Waals surface area contributed by atoms with Crippen molar-refractivity contribution < 1.29 is 23.9 Å². The minimum absolute atomic E-state index is 0.179. The molecule has 144 valence electrons. The van der Waals surface area contributed by atoms with Crippen LogP contribution in [0.15, 0.2) is 0 Å². The first-order valence-electron chi connectivity index (χ1n) is 9.12. The van der Waals surface area contributed by atoms with Gasteiger partial charge in [-0.15, -0.1) is 0 Å². The molecular weight excluding hydrogens is 336 g/mol. The highest BCUT2D eigenvalue weighted by molar-refractivity contribution is 5.99. The number of aryl methyl sites for hydroxylation is 1. The van der Waals surface area contributed by atoms with Crippen molar-refractivity contribution in [1.82, 2.24) is 9.88 Å². The molecule has 1 amide bonds. The number of ether oxygens (including phenoxy) is 2. The van der Waals surface area contributed by atoms with Gasteiger partial charge in [0.1, 0.15) is 5.69 Å². The molecular formula is C19H28N2O5. The van der Waals surface area contributed by atoms with Gasteiger partial charge in [0.15, 0.2) is 6.10 Å². The number of carbonyl (C=O) groups excluding carboxylic acids is 3. The number of likely N-dealkylation sites (tertiary alicyclic amines) is 1. The smallest absolute Gasteiger partial charge is 0.355 e. The Balaban J connectivity index is 2.09. The molecule has 0 spiro atoms. The fraction of sp³-hybridized carbons (Fsp3) is 0.632. The Morgan fingerprint density at radius 1 is 1.27 bits per heavy atom. The lowest BCUT2D eigenvalue weighted by Gasteiger charge is -2.32. The number of rotatable bonds is 5. The van der Waals surface area contributed by atoms with E-state index in [0.717, 1.165) is 12.8 Å². The van der Waals surface area contributed by atoms with Gasteiger partial charge in [0.2, 0.25) is 0 Å². The van der Waals surface area contributed by atoms with Gasteiger partial charge in [0.25, 0.3) is 5.91 Å². The number of hydrogen-bond acceptors (Lipinski definition) is 5. The van der Waals surface area contributed by atoms with E-state index in [9.17, 15) is 14.4 Å². The number of aromatic amines is 1. The molecule has 1 fully saturated rings. The molecule has 0 radical (unpaired) electrons. The maximum atomic E-state index is 12.6. The van der Waals surface area contributed by atoms with Crippen molar-refractivity contribution in [3.8, 4) is 0 Å².